The molecule has 0 spiro atoms. The number of hydrogen-bond acceptors (Lipinski definition) is 3. The zero-order valence-electron chi connectivity index (χ0n) is 9.74. The van der Waals surface area contributed by atoms with Crippen molar-refractivity contribution in [3.8, 4) is 0 Å². The van der Waals surface area contributed by atoms with Gasteiger partial charge in [-0.25, -0.2) is 9.97 Å². The van der Waals surface area contributed by atoms with Gasteiger partial charge in [-0.3, -0.25) is 0 Å². The second kappa shape index (κ2) is 7.35. The SMILES string of the molecule is CC(C)CCCCNCc1ncccn1. The molecule has 0 bridgehead atoms. The lowest BCUT2D eigenvalue weighted by atomic mass is 10.1. The maximum Gasteiger partial charge on any atom is 0.141 e. The molecule has 0 aliphatic rings. The number of nitrogens with zero attached hydrogens (tertiary/aromatic N) is 2. The summed E-state index contributed by atoms with van der Waals surface area (Å²) in [6.45, 7) is 6.38. The molecule has 0 aliphatic carbocycles. The molecule has 84 valence electrons. The van der Waals surface area contributed by atoms with E-state index >= 15 is 0 Å². The molecule has 15 heavy (non-hydrogen) atoms. The Hall–Kier alpha value is -0.960. The van der Waals surface area contributed by atoms with E-state index < -0.39 is 0 Å². The molecule has 0 radical (unpaired) electrons. The molecule has 1 aromatic rings. The summed E-state index contributed by atoms with van der Waals surface area (Å²) in [4.78, 5) is 8.30. The normalized spacial score (nSPS) is 10.9. The van der Waals surface area contributed by atoms with E-state index in [9.17, 15) is 0 Å². The average Bonchev–Trinajstić information content (AvgIpc) is 2.24. The van der Waals surface area contributed by atoms with Gasteiger partial charge in [0.25, 0.3) is 0 Å². The van der Waals surface area contributed by atoms with Crippen LogP contribution in [-0.2, 0) is 6.54 Å². The number of aromatic nitrogens is 2. The predicted octanol–water partition coefficient (Wildman–Crippen LogP) is 2.39. The second-order valence-corrected chi connectivity index (χ2v) is 4.23. The lowest BCUT2D eigenvalue weighted by molar-refractivity contribution is 0.518. The minimum absolute atomic E-state index is 0.780. The molecule has 0 amide bonds. The molecule has 1 rings (SSSR count). The molecule has 1 aromatic heterocycles. The summed E-state index contributed by atoms with van der Waals surface area (Å²) in [5.74, 6) is 1.70. The van der Waals surface area contributed by atoms with E-state index in [2.05, 4.69) is 29.1 Å². The highest BCUT2D eigenvalue weighted by Crippen LogP contribution is 2.05. The fourth-order valence-corrected chi connectivity index (χ4v) is 1.42. The molecule has 1 heterocycles. The molecule has 0 aromatic carbocycles. The van der Waals surface area contributed by atoms with Gasteiger partial charge in [0.05, 0.1) is 6.54 Å². The highest BCUT2D eigenvalue weighted by molar-refractivity contribution is 4.87. The molecule has 0 unspecified atom stereocenters. The molecule has 3 nitrogen and oxygen atoms in total. The van der Waals surface area contributed by atoms with Gasteiger partial charge in [-0.05, 0) is 24.9 Å². The molecular weight excluding hydrogens is 186 g/mol. The van der Waals surface area contributed by atoms with Gasteiger partial charge in [0.2, 0.25) is 0 Å². The minimum Gasteiger partial charge on any atom is -0.310 e. The first-order chi connectivity index (χ1) is 7.29. The number of nitrogens with one attached hydrogen (secondary N) is 1. The first kappa shape index (κ1) is 12.1. The third-order valence-electron chi connectivity index (χ3n) is 2.29. The van der Waals surface area contributed by atoms with E-state index in [1.807, 2.05) is 6.07 Å². The van der Waals surface area contributed by atoms with Gasteiger partial charge in [0.1, 0.15) is 5.82 Å². The predicted molar refractivity (Wildman–Crippen MR) is 62.4 cm³/mol. The van der Waals surface area contributed by atoms with Crippen LogP contribution in [0.3, 0.4) is 0 Å². The topological polar surface area (TPSA) is 37.8 Å². The fraction of sp³-hybridized carbons (Fsp3) is 0.667. The third-order valence-corrected chi connectivity index (χ3v) is 2.29. The van der Waals surface area contributed by atoms with E-state index in [0.29, 0.717) is 0 Å². The number of unbranched alkanes of at least 4 members (excludes halogenated alkanes) is 1. The molecule has 0 aliphatic heterocycles. The summed E-state index contributed by atoms with van der Waals surface area (Å²) in [7, 11) is 0. The van der Waals surface area contributed by atoms with Crippen molar-refractivity contribution in [1.29, 1.82) is 0 Å². The first-order valence-corrected chi connectivity index (χ1v) is 5.75. The fourth-order valence-electron chi connectivity index (χ4n) is 1.42. The Kier molecular flexibility index (Phi) is 5.93. The van der Waals surface area contributed by atoms with E-state index in [1.165, 1.54) is 19.3 Å². The van der Waals surface area contributed by atoms with Gasteiger partial charge in [0.15, 0.2) is 0 Å². The maximum absolute atomic E-state index is 4.15. The van der Waals surface area contributed by atoms with E-state index in [-0.39, 0.29) is 0 Å². The van der Waals surface area contributed by atoms with Crippen molar-refractivity contribution in [2.75, 3.05) is 6.54 Å². The lowest BCUT2D eigenvalue weighted by Gasteiger charge is -2.05. The van der Waals surface area contributed by atoms with Crippen LogP contribution in [0, 0.1) is 5.92 Å². The van der Waals surface area contributed by atoms with Crippen molar-refractivity contribution in [3.63, 3.8) is 0 Å². The largest absolute Gasteiger partial charge is 0.310 e. The van der Waals surface area contributed by atoms with Crippen LogP contribution in [0.1, 0.15) is 38.9 Å². The Morgan fingerprint density at radius 2 is 1.93 bits per heavy atom. The van der Waals surface area contributed by atoms with Crippen molar-refractivity contribution < 1.29 is 0 Å². The summed E-state index contributed by atoms with van der Waals surface area (Å²) in [5, 5.41) is 3.35. The highest BCUT2D eigenvalue weighted by atomic mass is 14.9. The molecule has 0 fully saturated rings. The quantitative estimate of drug-likeness (QED) is 0.698. The van der Waals surface area contributed by atoms with E-state index in [4.69, 9.17) is 0 Å². The summed E-state index contributed by atoms with van der Waals surface area (Å²) < 4.78 is 0. The van der Waals surface area contributed by atoms with Crippen LogP contribution in [0.15, 0.2) is 18.5 Å². The van der Waals surface area contributed by atoms with E-state index in [0.717, 1.165) is 24.8 Å². The Labute approximate surface area is 92.3 Å². The summed E-state index contributed by atoms with van der Waals surface area (Å²) in [6, 6.07) is 1.84. The Morgan fingerprint density at radius 3 is 2.60 bits per heavy atom. The van der Waals surface area contributed by atoms with Crippen LogP contribution in [0.5, 0.6) is 0 Å². The van der Waals surface area contributed by atoms with Gasteiger partial charge < -0.3 is 5.32 Å². The van der Waals surface area contributed by atoms with Gasteiger partial charge in [-0.2, -0.15) is 0 Å². The molecular formula is C12H21N3. The van der Waals surface area contributed by atoms with Crippen LogP contribution >= 0.6 is 0 Å². The Balaban J connectivity index is 1.98. The van der Waals surface area contributed by atoms with Gasteiger partial charge >= 0.3 is 0 Å². The maximum atomic E-state index is 4.15. The van der Waals surface area contributed by atoms with Crippen molar-refractivity contribution in [2.45, 2.75) is 39.7 Å². The van der Waals surface area contributed by atoms with Gasteiger partial charge in [-0.15, -0.1) is 0 Å². The molecule has 1 N–H and O–H groups in total. The number of hydrogen-bond donors (Lipinski definition) is 1. The van der Waals surface area contributed by atoms with Gasteiger partial charge in [-0.1, -0.05) is 26.7 Å². The average molecular weight is 207 g/mol. The van der Waals surface area contributed by atoms with Crippen molar-refractivity contribution in [1.82, 2.24) is 15.3 Å². The molecule has 0 atom stereocenters. The zero-order chi connectivity index (χ0) is 10.9. The monoisotopic (exact) mass is 207 g/mol. The molecule has 0 saturated carbocycles. The standard InChI is InChI=1S/C12H21N3/c1-11(2)6-3-4-7-13-10-12-14-8-5-9-15-12/h5,8-9,11,13H,3-4,6-7,10H2,1-2H3. The van der Waals surface area contributed by atoms with E-state index in [1.54, 1.807) is 12.4 Å². The van der Waals surface area contributed by atoms with Crippen molar-refractivity contribution in [3.05, 3.63) is 24.3 Å². The molecule has 3 heteroatoms. The van der Waals surface area contributed by atoms with Crippen LogP contribution in [0.2, 0.25) is 0 Å². The first-order valence-electron chi connectivity index (χ1n) is 5.75. The van der Waals surface area contributed by atoms with Crippen LogP contribution in [-0.4, -0.2) is 16.5 Å². The Morgan fingerprint density at radius 1 is 1.20 bits per heavy atom. The van der Waals surface area contributed by atoms with Gasteiger partial charge in [0, 0.05) is 12.4 Å². The van der Waals surface area contributed by atoms with Crippen LogP contribution in [0.4, 0.5) is 0 Å². The summed E-state index contributed by atoms with van der Waals surface area (Å²) >= 11 is 0. The lowest BCUT2D eigenvalue weighted by Crippen LogP contribution is -2.16. The van der Waals surface area contributed by atoms with Crippen molar-refractivity contribution >= 4 is 0 Å². The summed E-state index contributed by atoms with van der Waals surface area (Å²) in [5.41, 5.74) is 0. The Bertz CT molecular complexity index is 246. The van der Waals surface area contributed by atoms with Crippen LogP contribution in [0.25, 0.3) is 0 Å². The molecule has 0 saturated heterocycles. The highest BCUT2D eigenvalue weighted by Gasteiger charge is 1.95. The zero-order valence-corrected chi connectivity index (χ0v) is 9.74. The third kappa shape index (κ3) is 6.18. The minimum atomic E-state index is 0.780. The number of rotatable bonds is 7. The van der Waals surface area contributed by atoms with Crippen LogP contribution < -0.4 is 5.32 Å². The summed E-state index contributed by atoms with van der Waals surface area (Å²) in [6.07, 6.45) is 7.43. The second-order valence-electron chi connectivity index (χ2n) is 4.23. The van der Waals surface area contributed by atoms with Crippen molar-refractivity contribution in [2.24, 2.45) is 5.92 Å². The smallest absolute Gasteiger partial charge is 0.141 e.